The third-order valence-electron chi connectivity index (χ3n) is 2.18. The number of nitrogens with zero attached hydrogens (tertiary/aromatic N) is 3. The lowest BCUT2D eigenvalue weighted by atomic mass is 10.2. The van der Waals surface area contributed by atoms with Crippen LogP contribution in [0, 0.1) is 0 Å². The van der Waals surface area contributed by atoms with Crippen molar-refractivity contribution >= 4 is 34.4 Å². The van der Waals surface area contributed by atoms with Gasteiger partial charge in [-0.1, -0.05) is 23.4 Å². The summed E-state index contributed by atoms with van der Waals surface area (Å²) in [6, 6.07) is 0. The number of thioether (sulfide) groups is 1. The number of aromatic nitrogens is 3. The molecule has 2 heterocycles. The van der Waals surface area contributed by atoms with Crippen LogP contribution in [0.2, 0.25) is 5.15 Å². The van der Waals surface area contributed by atoms with Gasteiger partial charge in [0.25, 0.3) is 0 Å². The van der Waals surface area contributed by atoms with Crippen molar-refractivity contribution in [2.24, 2.45) is 7.05 Å². The Kier molecular flexibility index (Phi) is 2.86. The van der Waals surface area contributed by atoms with Crippen molar-refractivity contribution in [1.82, 2.24) is 14.5 Å². The molecule has 6 heteroatoms. The highest BCUT2D eigenvalue weighted by molar-refractivity contribution is 7.98. The van der Waals surface area contributed by atoms with E-state index in [0.717, 1.165) is 16.6 Å². The Morgan fingerprint density at radius 1 is 1.53 bits per heavy atom. The first kappa shape index (κ1) is 10.7. The molecule has 0 spiro atoms. The quantitative estimate of drug-likeness (QED) is 0.497. The van der Waals surface area contributed by atoms with Gasteiger partial charge in [0.15, 0.2) is 5.16 Å². The number of aliphatic hydroxyl groups excluding tert-OH is 1. The maximum absolute atomic E-state index is 9.17. The first-order chi connectivity index (χ1) is 7.17. The highest BCUT2D eigenvalue weighted by atomic mass is 35.5. The molecule has 0 aliphatic carbocycles. The Labute approximate surface area is 96.3 Å². The van der Waals surface area contributed by atoms with Gasteiger partial charge in [0.1, 0.15) is 10.8 Å². The maximum atomic E-state index is 9.17. The van der Waals surface area contributed by atoms with Gasteiger partial charge >= 0.3 is 0 Å². The van der Waals surface area contributed by atoms with Crippen LogP contribution in [0.1, 0.15) is 5.56 Å². The number of hydrogen-bond donors (Lipinski definition) is 1. The Hall–Kier alpha value is -0.780. The lowest BCUT2D eigenvalue weighted by Crippen LogP contribution is -1.92. The van der Waals surface area contributed by atoms with Gasteiger partial charge in [0.2, 0.25) is 0 Å². The molecule has 80 valence electrons. The molecule has 0 amide bonds. The molecule has 0 fully saturated rings. The summed E-state index contributed by atoms with van der Waals surface area (Å²) in [6.07, 6.45) is 3.71. The highest BCUT2D eigenvalue weighted by Crippen LogP contribution is 2.27. The van der Waals surface area contributed by atoms with E-state index < -0.39 is 0 Å². The zero-order chi connectivity index (χ0) is 11.0. The summed E-state index contributed by atoms with van der Waals surface area (Å²) in [5.41, 5.74) is 1.51. The minimum atomic E-state index is -0.0565. The minimum absolute atomic E-state index is 0.0565. The Morgan fingerprint density at radius 3 is 2.87 bits per heavy atom. The van der Waals surface area contributed by atoms with Gasteiger partial charge in [-0.2, -0.15) is 0 Å². The van der Waals surface area contributed by atoms with E-state index in [-0.39, 0.29) is 6.61 Å². The van der Waals surface area contributed by atoms with Crippen molar-refractivity contribution < 1.29 is 5.11 Å². The topological polar surface area (TPSA) is 50.9 Å². The van der Waals surface area contributed by atoms with Gasteiger partial charge in [-0.3, -0.25) is 0 Å². The standard InChI is InChI=1S/C9H10ClN3OS/c1-13-3-5(4-14)6-7(10)11-9(15-2)12-8(6)13/h3,14H,4H2,1-2H3. The monoisotopic (exact) mass is 243 g/mol. The number of aliphatic hydroxyl groups is 1. The van der Waals surface area contributed by atoms with Crippen molar-refractivity contribution in [2.45, 2.75) is 11.8 Å². The molecule has 2 aromatic heterocycles. The van der Waals surface area contributed by atoms with Crippen molar-refractivity contribution in [3.05, 3.63) is 16.9 Å². The van der Waals surface area contributed by atoms with Gasteiger partial charge in [-0.25, -0.2) is 9.97 Å². The Bertz CT molecular complexity index is 512. The first-order valence-corrected chi connectivity index (χ1v) is 5.94. The normalized spacial score (nSPS) is 11.2. The molecule has 0 aromatic carbocycles. The fraction of sp³-hybridized carbons (Fsp3) is 0.333. The van der Waals surface area contributed by atoms with Crippen molar-refractivity contribution in [3.63, 3.8) is 0 Å². The lowest BCUT2D eigenvalue weighted by Gasteiger charge is -2.00. The molecule has 15 heavy (non-hydrogen) atoms. The summed E-state index contributed by atoms with van der Waals surface area (Å²) < 4.78 is 1.84. The van der Waals surface area contributed by atoms with E-state index in [1.807, 2.05) is 24.1 Å². The van der Waals surface area contributed by atoms with E-state index in [1.54, 1.807) is 0 Å². The third-order valence-corrected chi connectivity index (χ3v) is 3.00. The van der Waals surface area contributed by atoms with E-state index in [9.17, 15) is 0 Å². The summed E-state index contributed by atoms with van der Waals surface area (Å²) in [4.78, 5) is 8.48. The van der Waals surface area contributed by atoms with Gasteiger partial charge in [-0.15, -0.1) is 0 Å². The molecule has 0 saturated carbocycles. The molecule has 2 aromatic rings. The van der Waals surface area contributed by atoms with E-state index in [2.05, 4.69) is 9.97 Å². The van der Waals surface area contributed by atoms with E-state index in [0.29, 0.717) is 10.3 Å². The van der Waals surface area contributed by atoms with Crippen LogP contribution in [0.25, 0.3) is 11.0 Å². The fourth-order valence-corrected chi connectivity index (χ4v) is 2.20. The third kappa shape index (κ3) is 1.71. The molecule has 2 rings (SSSR count). The molecule has 0 radical (unpaired) electrons. The smallest absolute Gasteiger partial charge is 0.190 e. The molecule has 1 N–H and O–H groups in total. The second kappa shape index (κ2) is 4.00. The van der Waals surface area contributed by atoms with Gasteiger partial charge in [0.05, 0.1) is 12.0 Å². The fourth-order valence-electron chi connectivity index (χ4n) is 1.51. The Morgan fingerprint density at radius 2 is 2.27 bits per heavy atom. The summed E-state index contributed by atoms with van der Waals surface area (Å²) in [6.45, 7) is -0.0565. The summed E-state index contributed by atoms with van der Waals surface area (Å²) in [5.74, 6) is 0. The van der Waals surface area contributed by atoms with Gasteiger partial charge < -0.3 is 9.67 Å². The molecule has 0 unspecified atom stereocenters. The molecule has 0 saturated heterocycles. The zero-order valence-corrected chi connectivity index (χ0v) is 9.93. The first-order valence-electron chi connectivity index (χ1n) is 4.33. The molecule has 0 bridgehead atoms. The van der Waals surface area contributed by atoms with Crippen LogP contribution in [0.15, 0.2) is 11.4 Å². The zero-order valence-electron chi connectivity index (χ0n) is 8.36. The summed E-state index contributed by atoms with van der Waals surface area (Å²) in [5, 5.41) is 10.9. The molecule has 0 aliphatic rings. The molecular formula is C9H10ClN3OS. The van der Waals surface area contributed by atoms with Gasteiger partial charge in [-0.05, 0) is 6.26 Å². The largest absolute Gasteiger partial charge is 0.392 e. The van der Waals surface area contributed by atoms with E-state index >= 15 is 0 Å². The Balaban J connectivity index is 2.81. The molecule has 0 aliphatic heterocycles. The van der Waals surface area contributed by atoms with Crippen LogP contribution in [0.5, 0.6) is 0 Å². The van der Waals surface area contributed by atoms with Crippen LogP contribution in [0.3, 0.4) is 0 Å². The van der Waals surface area contributed by atoms with Crippen molar-refractivity contribution in [3.8, 4) is 0 Å². The highest BCUT2D eigenvalue weighted by Gasteiger charge is 2.13. The van der Waals surface area contributed by atoms with Crippen molar-refractivity contribution in [2.75, 3.05) is 6.26 Å². The van der Waals surface area contributed by atoms with Crippen LogP contribution in [0.4, 0.5) is 0 Å². The van der Waals surface area contributed by atoms with Gasteiger partial charge in [0, 0.05) is 18.8 Å². The SMILES string of the molecule is CSc1nc(Cl)c2c(CO)cn(C)c2n1. The average Bonchev–Trinajstić information content (AvgIpc) is 2.56. The van der Waals surface area contributed by atoms with E-state index in [4.69, 9.17) is 16.7 Å². The van der Waals surface area contributed by atoms with Crippen LogP contribution in [-0.2, 0) is 13.7 Å². The second-order valence-corrected chi connectivity index (χ2v) is 4.25. The predicted molar refractivity (Wildman–Crippen MR) is 61.2 cm³/mol. The molecule has 4 nitrogen and oxygen atoms in total. The number of halogens is 1. The number of rotatable bonds is 2. The maximum Gasteiger partial charge on any atom is 0.190 e. The van der Waals surface area contributed by atoms with Crippen molar-refractivity contribution in [1.29, 1.82) is 0 Å². The average molecular weight is 244 g/mol. The van der Waals surface area contributed by atoms with E-state index in [1.165, 1.54) is 11.8 Å². The number of hydrogen-bond acceptors (Lipinski definition) is 4. The summed E-state index contributed by atoms with van der Waals surface area (Å²) >= 11 is 7.49. The van der Waals surface area contributed by atoms with Crippen LogP contribution in [-0.4, -0.2) is 25.9 Å². The predicted octanol–water partition coefficient (Wildman–Crippen LogP) is 1.84. The molecular weight excluding hydrogens is 234 g/mol. The minimum Gasteiger partial charge on any atom is -0.392 e. The number of fused-ring (bicyclic) bond motifs is 1. The summed E-state index contributed by atoms with van der Waals surface area (Å²) in [7, 11) is 1.87. The van der Waals surface area contributed by atoms with Crippen LogP contribution < -0.4 is 0 Å². The molecule has 0 atom stereocenters. The second-order valence-electron chi connectivity index (χ2n) is 3.12. The lowest BCUT2D eigenvalue weighted by molar-refractivity contribution is 0.283. The van der Waals surface area contributed by atoms with Crippen LogP contribution >= 0.6 is 23.4 Å². The number of aryl methyl sites for hydroxylation is 1.